The molecule has 2 aromatic carbocycles. The molecule has 0 saturated carbocycles. The first-order valence-electron chi connectivity index (χ1n) is 9.57. The summed E-state index contributed by atoms with van der Waals surface area (Å²) >= 11 is 0. The number of hydrogen-bond acceptors (Lipinski definition) is 3. The SMILES string of the molecule is O=C(NC1[CH]C2=C(C=C1)N(S(=O)(=O)c1ccc(F)cc1)CCC2)c1c(F)cccc1F.[HH]. The van der Waals surface area contributed by atoms with Gasteiger partial charge in [0.2, 0.25) is 0 Å². The number of sulfonamides is 1. The normalized spacial score (nSPS) is 18.7. The van der Waals surface area contributed by atoms with Crippen LogP contribution in [0, 0.1) is 23.9 Å². The van der Waals surface area contributed by atoms with E-state index in [1.54, 1.807) is 18.6 Å². The Balaban J connectivity index is 0.00000289. The van der Waals surface area contributed by atoms with Gasteiger partial charge in [0.25, 0.3) is 15.9 Å². The van der Waals surface area contributed by atoms with E-state index >= 15 is 0 Å². The first-order valence-corrected chi connectivity index (χ1v) is 11.0. The molecular weight excluding hydrogens is 429 g/mol. The Hall–Kier alpha value is -3.07. The van der Waals surface area contributed by atoms with Gasteiger partial charge in [-0.3, -0.25) is 9.10 Å². The van der Waals surface area contributed by atoms with E-state index in [-0.39, 0.29) is 12.9 Å². The maximum atomic E-state index is 13.9. The van der Waals surface area contributed by atoms with Crippen molar-refractivity contribution >= 4 is 15.9 Å². The van der Waals surface area contributed by atoms with Crippen molar-refractivity contribution in [2.45, 2.75) is 23.8 Å². The molecule has 1 unspecified atom stereocenters. The zero-order valence-corrected chi connectivity index (χ0v) is 17.0. The number of rotatable bonds is 4. The third kappa shape index (κ3) is 4.10. The van der Waals surface area contributed by atoms with Gasteiger partial charge in [-0.1, -0.05) is 12.1 Å². The van der Waals surface area contributed by atoms with Crippen LogP contribution in [0.15, 0.2) is 70.8 Å². The Bertz CT molecular complexity index is 1180. The van der Waals surface area contributed by atoms with Crippen LogP contribution in [0.4, 0.5) is 13.2 Å². The van der Waals surface area contributed by atoms with E-state index in [0.29, 0.717) is 24.1 Å². The lowest BCUT2D eigenvalue weighted by Gasteiger charge is -2.35. The molecule has 31 heavy (non-hydrogen) atoms. The number of nitrogens with zero attached hydrogens (tertiary/aromatic N) is 1. The molecule has 163 valence electrons. The molecule has 0 bridgehead atoms. The zero-order valence-electron chi connectivity index (χ0n) is 16.2. The van der Waals surface area contributed by atoms with Crippen LogP contribution in [0.3, 0.4) is 0 Å². The summed E-state index contributed by atoms with van der Waals surface area (Å²) in [6, 6.07) is 7.10. The number of amides is 1. The summed E-state index contributed by atoms with van der Waals surface area (Å²) in [5, 5.41) is 2.54. The summed E-state index contributed by atoms with van der Waals surface area (Å²) in [6.07, 6.45) is 5.91. The van der Waals surface area contributed by atoms with Gasteiger partial charge < -0.3 is 5.32 Å². The van der Waals surface area contributed by atoms with Gasteiger partial charge in [-0.25, -0.2) is 21.6 Å². The van der Waals surface area contributed by atoms with Gasteiger partial charge in [0, 0.05) is 14.4 Å². The van der Waals surface area contributed by atoms with Crippen LogP contribution in [-0.4, -0.2) is 31.2 Å². The van der Waals surface area contributed by atoms with Crippen LogP contribution in [0.5, 0.6) is 0 Å². The molecule has 0 fully saturated rings. The van der Waals surface area contributed by atoms with Gasteiger partial charge >= 0.3 is 0 Å². The third-order valence-electron chi connectivity index (χ3n) is 5.14. The van der Waals surface area contributed by atoms with Gasteiger partial charge in [-0.05, 0) is 60.9 Å². The molecule has 1 amide bonds. The molecule has 1 aliphatic carbocycles. The van der Waals surface area contributed by atoms with Crippen molar-refractivity contribution in [3.63, 3.8) is 0 Å². The molecule has 2 aromatic rings. The number of allylic oxidation sites excluding steroid dienone is 1. The minimum absolute atomic E-state index is 0. The average Bonchev–Trinajstić information content (AvgIpc) is 2.73. The lowest BCUT2D eigenvalue weighted by atomic mass is 9.92. The topological polar surface area (TPSA) is 66.5 Å². The Labute approximate surface area is 179 Å². The molecular formula is C22H20F3N2O3S. The lowest BCUT2D eigenvalue weighted by Crippen LogP contribution is -2.40. The standard InChI is InChI=1S/C22H18F3N2O3S.H2/c23-15-6-9-17(10-7-15)31(29,30)27-12-2-3-14-13-16(8-11-20(14)27)26-22(28)21-18(24)4-1-5-19(21)25;/h1,4-11,13,16H,2-3,12H2,(H,26,28);1H. The van der Waals surface area contributed by atoms with Crippen molar-refractivity contribution in [3.8, 4) is 0 Å². The van der Waals surface area contributed by atoms with Crippen molar-refractivity contribution in [2.24, 2.45) is 0 Å². The second-order valence-electron chi connectivity index (χ2n) is 7.17. The minimum atomic E-state index is -3.89. The molecule has 1 radical (unpaired) electrons. The van der Waals surface area contributed by atoms with E-state index in [4.69, 9.17) is 0 Å². The quantitative estimate of drug-likeness (QED) is 0.769. The second-order valence-corrected chi connectivity index (χ2v) is 9.03. The van der Waals surface area contributed by atoms with E-state index in [9.17, 15) is 26.4 Å². The van der Waals surface area contributed by atoms with E-state index in [1.165, 1.54) is 22.5 Å². The molecule has 1 heterocycles. The summed E-state index contributed by atoms with van der Waals surface area (Å²) < 4.78 is 68.2. The molecule has 5 nitrogen and oxygen atoms in total. The molecule has 0 spiro atoms. The molecule has 0 aromatic heterocycles. The van der Waals surface area contributed by atoms with Gasteiger partial charge in [0.1, 0.15) is 23.0 Å². The van der Waals surface area contributed by atoms with Crippen LogP contribution >= 0.6 is 0 Å². The molecule has 9 heteroatoms. The fourth-order valence-corrected chi connectivity index (χ4v) is 5.20. The highest BCUT2D eigenvalue weighted by atomic mass is 32.2. The van der Waals surface area contributed by atoms with Crippen LogP contribution in [0.1, 0.15) is 24.6 Å². The second kappa shape index (κ2) is 8.22. The van der Waals surface area contributed by atoms with Crippen LogP contribution < -0.4 is 5.32 Å². The summed E-state index contributed by atoms with van der Waals surface area (Å²) in [5.74, 6) is -3.37. The smallest absolute Gasteiger partial charge is 0.264 e. The molecule has 1 atom stereocenters. The van der Waals surface area contributed by atoms with E-state index in [0.717, 1.165) is 24.3 Å². The largest absolute Gasteiger partial charge is 0.345 e. The predicted octanol–water partition coefficient (Wildman–Crippen LogP) is 3.96. The zero-order chi connectivity index (χ0) is 22.2. The third-order valence-corrected chi connectivity index (χ3v) is 6.96. The van der Waals surface area contributed by atoms with Crippen LogP contribution in [-0.2, 0) is 10.0 Å². The maximum Gasteiger partial charge on any atom is 0.264 e. The van der Waals surface area contributed by atoms with Gasteiger partial charge in [0.05, 0.1) is 16.6 Å². The number of nitrogens with one attached hydrogen (secondary N) is 1. The molecule has 0 saturated heterocycles. The predicted molar refractivity (Wildman–Crippen MR) is 110 cm³/mol. The number of benzene rings is 2. The highest BCUT2D eigenvalue weighted by Crippen LogP contribution is 2.34. The Morgan fingerprint density at radius 1 is 1.06 bits per heavy atom. The van der Waals surface area contributed by atoms with Gasteiger partial charge in [-0.2, -0.15) is 0 Å². The number of carbonyl (C=O) groups is 1. The van der Waals surface area contributed by atoms with Gasteiger partial charge in [0.15, 0.2) is 0 Å². The highest BCUT2D eigenvalue weighted by molar-refractivity contribution is 7.89. The van der Waals surface area contributed by atoms with Crippen molar-refractivity contribution in [3.05, 3.63) is 95.3 Å². The number of hydrogen-bond donors (Lipinski definition) is 1. The fraction of sp³-hybridized carbons (Fsp3) is 0.182. The average molecular weight is 449 g/mol. The van der Waals surface area contributed by atoms with Crippen molar-refractivity contribution < 1.29 is 27.8 Å². The first kappa shape index (κ1) is 21.2. The molecule has 2 aliphatic rings. The highest BCUT2D eigenvalue weighted by Gasteiger charge is 2.33. The Kier molecular flexibility index (Phi) is 5.62. The maximum absolute atomic E-state index is 13.9. The molecule has 4 rings (SSSR count). The summed E-state index contributed by atoms with van der Waals surface area (Å²) in [6.45, 7) is 0.258. The first-order chi connectivity index (χ1) is 14.8. The number of halogens is 3. The molecule has 1 N–H and O–H groups in total. The summed E-state index contributed by atoms with van der Waals surface area (Å²) in [4.78, 5) is 12.3. The van der Waals surface area contributed by atoms with E-state index < -0.39 is 45.0 Å². The van der Waals surface area contributed by atoms with Crippen molar-refractivity contribution in [1.29, 1.82) is 0 Å². The molecule has 1 aliphatic heterocycles. The van der Waals surface area contributed by atoms with Crippen LogP contribution in [0.2, 0.25) is 0 Å². The lowest BCUT2D eigenvalue weighted by molar-refractivity contribution is 0.0940. The van der Waals surface area contributed by atoms with Crippen molar-refractivity contribution in [2.75, 3.05) is 6.54 Å². The Morgan fingerprint density at radius 3 is 2.42 bits per heavy atom. The Morgan fingerprint density at radius 2 is 1.74 bits per heavy atom. The summed E-state index contributed by atoms with van der Waals surface area (Å²) in [5.41, 5.74) is 0.477. The van der Waals surface area contributed by atoms with Crippen LogP contribution in [0.25, 0.3) is 0 Å². The summed E-state index contributed by atoms with van der Waals surface area (Å²) in [7, 11) is -3.89. The monoisotopic (exact) mass is 449 g/mol. The van der Waals surface area contributed by atoms with E-state index in [1.807, 2.05) is 0 Å². The number of carbonyl (C=O) groups excluding carboxylic acids is 1. The van der Waals surface area contributed by atoms with E-state index in [2.05, 4.69) is 5.32 Å². The van der Waals surface area contributed by atoms with Crippen molar-refractivity contribution in [1.82, 2.24) is 9.62 Å². The fourth-order valence-electron chi connectivity index (χ4n) is 3.66. The van der Waals surface area contributed by atoms with Gasteiger partial charge in [-0.15, -0.1) is 0 Å². The minimum Gasteiger partial charge on any atom is -0.345 e.